The Hall–Kier alpha value is -2.14. The second-order valence-corrected chi connectivity index (χ2v) is 4.61. The Morgan fingerprint density at radius 1 is 1.30 bits per heavy atom. The van der Waals surface area contributed by atoms with Crippen molar-refractivity contribution in [2.45, 2.75) is 26.4 Å². The molecule has 106 valence electrons. The summed E-state index contributed by atoms with van der Waals surface area (Å²) in [4.78, 5) is 11.8. The fourth-order valence-corrected chi connectivity index (χ4v) is 1.88. The second-order valence-electron chi connectivity index (χ2n) is 4.61. The standard InChI is InChI=1S/C15H19N3O2/c1-2-13-9-14(18-17-13)15(20)16-8-7-11-3-5-12(10-19)6-4-11/h3-6,9,19H,2,7-8,10H2,1H3,(H,16,20)(H,17,18). The van der Waals surface area contributed by atoms with Crippen LogP contribution in [0.15, 0.2) is 30.3 Å². The molecule has 3 N–H and O–H groups in total. The Morgan fingerprint density at radius 2 is 2.00 bits per heavy atom. The lowest BCUT2D eigenvalue weighted by Crippen LogP contribution is -2.26. The number of aromatic nitrogens is 2. The van der Waals surface area contributed by atoms with Crippen LogP contribution in [0.3, 0.4) is 0 Å². The molecule has 1 heterocycles. The van der Waals surface area contributed by atoms with Gasteiger partial charge in [0.2, 0.25) is 0 Å². The molecule has 20 heavy (non-hydrogen) atoms. The number of aryl methyl sites for hydroxylation is 1. The highest BCUT2D eigenvalue weighted by Gasteiger charge is 2.08. The molecule has 0 fully saturated rings. The molecule has 1 amide bonds. The number of hydrogen-bond acceptors (Lipinski definition) is 3. The first-order valence-electron chi connectivity index (χ1n) is 6.74. The van der Waals surface area contributed by atoms with E-state index < -0.39 is 0 Å². The molecule has 0 bridgehead atoms. The van der Waals surface area contributed by atoms with Crippen LogP contribution in [0.5, 0.6) is 0 Å². The molecule has 0 aliphatic carbocycles. The van der Waals surface area contributed by atoms with Crippen LogP contribution in [0.4, 0.5) is 0 Å². The van der Waals surface area contributed by atoms with Crippen LogP contribution in [0.25, 0.3) is 0 Å². The zero-order valence-electron chi connectivity index (χ0n) is 11.5. The van der Waals surface area contributed by atoms with Crippen molar-refractivity contribution in [3.63, 3.8) is 0 Å². The summed E-state index contributed by atoms with van der Waals surface area (Å²) in [7, 11) is 0. The van der Waals surface area contributed by atoms with E-state index in [9.17, 15) is 4.79 Å². The third-order valence-corrected chi connectivity index (χ3v) is 3.15. The van der Waals surface area contributed by atoms with Crippen LogP contribution in [0.2, 0.25) is 0 Å². The maximum atomic E-state index is 11.8. The van der Waals surface area contributed by atoms with E-state index >= 15 is 0 Å². The number of carbonyl (C=O) groups excluding carboxylic acids is 1. The summed E-state index contributed by atoms with van der Waals surface area (Å²) < 4.78 is 0. The second kappa shape index (κ2) is 6.86. The molecular formula is C15H19N3O2. The highest BCUT2D eigenvalue weighted by molar-refractivity contribution is 5.92. The molecule has 0 atom stereocenters. The maximum Gasteiger partial charge on any atom is 0.271 e. The van der Waals surface area contributed by atoms with Gasteiger partial charge < -0.3 is 10.4 Å². The number of nitrogens with zero attached hydrogens (tertiary/aromatic N) is 1. The van der Waals surface area contributed by atoms with Crippen molar-refractivity contribution in [1.29, 1.82) is 0 Å². The van der Waals surface area contributed by atoms with E-state index in [1.807, 2.05) is 31.2 Å². The minimum atomic E-state index is -0.159. The largest absolute Gasteiger partial charge is 0.392 e. The fraction of sp³-hybridized carbons (Fsp3) is 0.333. The van der Waals surface area contributed by atoms with Crippen molar-refractivity contribution in [1.82, 2.24) is 15.5 Å². The van der Waals surface area contributed by atoms with E-state index in [1.54, 1.807) is 6.07 Å². The Kier molecular flexibility index (Phi) is 4.90. The van der Waals surface area contributed by atoms with Crippen LogP contribution in [-0.4, -0.2) is 27.8 Å². The SMILES string of the molecule is CCc1cc(C(=O)NCCc2ccc(CO)cc2)n[nH]1. The van der Waals surface area contributed by atoms with Gasteiger partial charge in [-0.25, -0.2) is 0 Å². The van der Waals surface area contributed by atoms with E-state index in [1.165, 1.54) is 0 Å². The average molecular weight is 273 g/mol. The predicted molar refractivity (Wildman–Crippen MR) is 76.4 cm³/mol. The molecule has 0 aliphatic rings. The quantitative estimate of drug-likeness (QED) is 0.745. The lowest BCUT2D eigenvalue weighted by Gasteiger charge is -2.04. The molecule has 2 aromatic rings. The van der Waals surface area contributed by atoms with Gasteiger partial charge in [-0.2, -0.15) is 5.10 Å². The van der Waals surface area contributed by atoms with Gasteiger partial charge in [0.05, 0.1) is 6.61 Å². The van der Waals surface area contributed by atoms with Gasteiger partial charge in [-0.1, -0.05) is 31.2 Å². The molecule has 0 spiro atoms. The molecule has 1 aromatic carbocycles. The van der Waals surface area contributed by atoms with Crippen molar-refractivity contribution in [3.8, 4) is 0 Å². The predicted octanol–water partition coefficient (Wildman–Crippen LogP) is 1.44. The Bertz CT molecular complexity index is 561. The third kappa shape index (κ3) is 3.68. The van der Waals surface area contributed by atoms with Gasteiger partial charge >= 0.3 is 0 Å². The number of H-pyrrole nitrogens is 1. The van der Waals surface area contributed by atoms with Crippen molar-refractivity contribution in [2.75, 3.05) is 6.54 Å². The van der Waals surface area contributed by atoms with Crippen LogP contribution in [0.1, 0.15) is 34.2 Å². The zero-order valence-corrected chi connectivity index (χ0v) is 11.5. The summed E-state index contributed by atoms with van der Waals surface area (Å²) in [5.41, 5.74) is 3.40. The van der Waals surface area contributed by atoms with Crippen LogP contribution in [-0.2, 0) is 19.4 Å². The van der Waals surface area contributed by atoms with E-state index in [4.69, 9.17) is 5.11 Å². The number of carbonyl (C=O) groups is 1. The normalized spacial score (nSPS) is 10.5. The summed E-state index contributed by atoms with van der Waals surface area (Å²) in [6, 6.07) is 9.46. The van der Waals surface area contributed by atoms with Gasteiger partial charge in [0.25, 0.3) is 5.91 Å². The number of aromatic amines is 1. The smallest absolute Gasteiger partial charge is 0.271 e. The first kappa shape index (κ1) is 14.3. The van der Waals surface area contributed by atoms with E-state index in [0.29, 0.717) is 12.2 Å². The van der Waals surface area contributed by atoms with Gasteiger partial charge in [0.1, 0.15) is 5.69 Å². The summed E-state index contributed by atoms with van der Waals surface area (Å²) in [5.74, 6) is -0.159. The number of benzene rings is 1. The molecule has 1 aromatic heterocycles. The number of rotatable bonds is 6. The molecule has 0 radical (unpaired) electrons. The summed E-state index contributed by atoms with van der Waals surface area (Å²) >= 11 is 0. The molecular weight excluding hydrogens is 254 g/mol. The number of aliphatic hydroxyl groups excluding tert-OH is 1. The van der Waals surface area contributed by atoms with Crippen LogP contribution < -0.4 is 5.32 Å². The topological polar surface area (TPSA) is 78.0 Å². The van der Waals surface area contributed by atoms with Crippen molar-refractivity contribution >= 4 is 5.91 Å². The number of nitrogens with one attached hydrogen (secondary N) is 2. The van der Waals surface area contributed by atoms with Crippen molar-refractivity contribution < 1.29 is 9.90 Å². The molecule has 0 saturated heterocycles. The lowest BCUT2D eigenvalue weighted by atomic mass is 10.1. The van der Waals surface area contributed by atoms with Gasteiger partial charge in [-0.15, -0.1) is 0 Å². The van der Waals surface area contributed by atoms with E-state index in [-0.39, 0.29) is 12.5 Å². The van der Waals surface area contributed by atoms with Gasteiger partial charge in [-0.3, -0.25) is 9.89 Å². The number of aliphatic hydroxyl groups is 1. The molecule has 0 saturated carbocycles. The average Bonchev–Trinajstić information content (AvgIpc) is 2.97. The first-order chi connectivity index (χ1) is 9.72. The van der Waals surface area contributed by atoms with Crippen LogP contribution >= 0.6 is 0 Å². The van der Waals surface area contributed by atoms with Gasteiger partial charge in [0, 0.05) is 12.2 Å². The first-order valence-corrected chi connectivity index (χ1v) is 6.74. The van der Waals surface area contributed by atoms with Gasteiger partial charge in [-0.05, 0) is 30.0 Å². The van der Waals surface area contributed by atoms with E-state index in [2.05, 4.69) is 15.5 Å². The van der Waals surface area contributed by atoms with Gasteiger partial charge in [0.15, 0.2) is 0 Å². The summed E-state index contributed by atoms with van der Waals surface area (Å²) in [6.07, 6.45) is 1.58. The highest BCUT2D eigenvalue weighted by atomic mass is 16.3. The zero-order chi connectivity index (χ0) is 14.4. The minimum Gasteiger partial charge on any atom is -0.392 e. The highest BCUT2D eigenvalue weighted by Crippen LogP contribution is 2.05. The number of amides is 1. The Morgan fingerprint density at radius 3 is 2.60 bits per heavy atom. The third-order valence-electron chi connectivity index (χ3n) is 3.15. The Labute approximate surface area is 118 Å². The van der Waals surface area contributed by atoms with Crippen molar-refractivity contribution in [3.05, 3.63) is 52.8 Å². The molecule has 2 rings (SSSR count). The minimum absolute atomic E-state index is 0.0515. The van der Waals surface area contributed by atoms with Crippen molar-refractivity contribution in [2.24, 2.45) is 0 Å². The monoisotopic (exact) mass is 273 g/mol. The molecule has 5 nitrogen and oxygen atoms in total. The van der Waals surface area contributed by atoms with Crippen LogP contribution in [0, 0.1) is 0 Å². The number of hydrogen-bond donors (Lipinski definition) is 3. The van der Waals surface area contributed by atoms with E-state index in [0.717, 1.165) is 29.7 Å². The summed E-state index contributed by atoms with van der Waals surface area (Å²) in [6.45, 7) is 2.62. The molecule has 0 unspecified atom stereocenters. The maximum absolute atomic E-state index is 11.8. The summed E-state index contributed by atoms with van der Waals surface area (Å²) in [5, 5.41) is 18.6. The lowest BCUT2D eigenvalue weighted by molar-refractivity contribution is 0.0949. The Balaban J connectivity index is 1.81. The molecule has 0 aliphatic heterocycles. The molecule has 5 heteroatoms. The fourth-order valence-electron chi connectivity index (χ4n) is 1.88.